The molecule has 0 unspecified atom stereocenters. The number of fused-ring (bicyclic) bond motifs is 1. The van der Waals surface area contributed by atoms with Gasteiger partial charge in [-0.05, 0) is 24.3 Å². The molecule has 0 N–H and O–H groups in total. The summed E-state index contributed by atoms with van der Waals surface area (Å²) in [6, 6.07) is 16.3. The lowest BCUT2D eigenvalue weighted by molar-refractivity contribution is -0.131. The number of rotatable bonds is 5. The van der Waals surface area contributed by atoms with E-state index in [-0.39, 0.29) is 19.0 Å². The third kappa shape index (κ3) is 3.37. The number of amides is 1. The average molecular weight is 364 g/mol. The maximum atomic E-state index is 12.5. The van der Waals surface area contributed by atoms with E-state index in [1.807, 2.05) is 30.3 Å². The first-order valence-electron chi connectivity index (χ1n) is 8.32. The Hall–Kier alpha value is -3.68. The van der Waals surface area contributed by atoms with Crippen molar-refractivity contribution in [2.75, 3.05) is 7.05 Å². The average Bonchev–Trinajstić information content (AvgIpc) is 3.27. The number of carbonyl (C=O) groups is 1. The lowest BCUT2D eigenvalue weighted by atomic mass is 10.2. The predicted octanol–water partition coefficient (Wildman–Crippen LogP) is 2.30. The maximum Gasteiger partial charge on any atom is 0.420 e. The van der Waals surface area contributed by atoms with Crippen molar-refractivity contribution in [3.05, 3.63) is 71.0 Å². The number of carbonyl (C=O) groups excluding carboxylic acids is 1. The lowest BCUT2D eigenvalue weighted by Gasteiger charge is -2.14. The number of nitrogens with zero attached hydrogens (tertiary/aromatic N) is 4. The minimum Gasteiger partial charge on any atom is -0.419 e. The highest BCUT2D eigenvalue weighted by atomic mass is 16.4. The van der Waals surface area contributed by atoms with E-state index in [0.717, 1.165) is 5.56 Å². The minimum atomic E-state index is -0.567. The Kier molecular flexibility index (Phi) is 4.29. The van der Waals surface area contributed by atoms with Gasteiger partial charge in [-0.25, -0.2) is 4.79 Å². The zero-order chi connectivity index (χ0) is 18.8. The monoisotopic (exact) mass is 364 g/mol. The third-order valence-corrected chi connectivity index (χ3v) is 4.15. The van der Waals surface area contributed by atoms with Gasteiger partial charge in [0.2, 0.25) is 17.7 Å². The number of hydrogen-bond acceptors (Lipinski definition) is 6. The summed E-state index contributed by atoms with van der Waals surface area (Å²) in [6.07, 6.45) is 0. The summed E-state index contributed by atoms with van der Waals surface area (Å²) in [7, 11) is 1.61. The Morgan fingerprint density at radius 3 is 2.59 bits per heavy atom. The first-order chi connectivity index (χ1) is 13.1. The van der Waals surface area contributed by atoms with E-state index in [1.165, 1.54) is 9.47 Å². The second-order valence-electron chi connectivity index (χ2n) is 6.04. The highest BCUT2D eigenvalue weighted by molar-refractivity contribution is 5.79. The molecule has 0 aliphatic rings. The SMILES string of the molecule is CN(Cc1nnc(-c2ccccc2)o1)C(=O)Cn1c(=O)oc2ccccc21. The van der Waals surface area contributed by atoms with Gasteiger partial charge in [-0.2, -0.15) is 0 Å². The van der Waals surface area contributed by atoms with Gasteiger partial charge in [0.1, 0.15) is 6.54 Å². The lowest BCUT2D eigenvalue weighted by Crippen LogP contribution is -2.32. The summed E-state index contributed by atoms with van der Waals surface area (Å²) < 4.78 is 12.1. The topological polar surface area (TPSA) is 94.4 Å². The minimum absolute atomic E-state index is 0.133. The first kappa shape index (κ1) is 16.8. The number of hydrogen-bond donors (Lipinski definition) is 0. The van der Waals surface area contributed by atoms with Crippen LogP contribution in [0.1, 0.15) is 5.89 Å². The first-order valence-corrected chi connectivity index (χ1v) is 8.32. The van der Waals surface area contributed by atoms with E-state index >= 15 is 0 Å². The van der Waals surface area contributed by atoms with Crippen molar-refractivity contribution in [3.8, 4) is 11.5 Å². The molecule has 0 aliphatic heterocycles. The largest absolute Gasteiger partial charge is 0.420 e. The fraction of sp³-hybridized carbons (Fsp3) is 0.158. The van der Waals surface area contributed by atoms with E-state index in [2.05, 4.69) is 10.2 Å². The fourth-order valence-corrected chi connectivity index (χ4v) is 2.73. The van der Waals surface area contributed by atoms with E-state index in [9.17, 15) is 9.59 Å². The molecule has 136 valence electrons. The van der Waals surface area contributed by atoms with Gasteiger partial charge in [0.25, 0.3) is 0 Å². The quantitative estimate of drug-likeness (QED) is 0.539. The number of benzene rings is 2. The Morgan fingerprint density at radius 2 is 1.78 bits per heavy atom. The number of para-hydroxylation sites is 2. The molecule has 2 aromatic heterocycles. The number of likely N-dealkylation sites (N-methyl/N-ethyl adjacent to an activating group) is 1. The van der Waals surface area contributed by atoms with Crippen LogP contribution in [0.25, 0.3) is 22.6 Å². The molecule has 0 radical (unpaired) electrons. The number of aromatic nitrogens is 3. The standard InChI is InChI=1S/C19H16N4O4/c1-22(11-16-20-21-18(27-16)13-7-3-2-4-8-13)17(24)12-23-14-9-5-6-10-15(14)26-19(23)25/h2-10H,11-12H2,1H3. The highest BCUT2D eigenvalue weighted by Gasteiger charge is 2.18. The van der Waals surface area contributed by atoms with E-state index in [1.54, 1.807) is 31.3 Å². The Morgan fingerprint density at radius 1 is 1.04 bits per heavy atom. The second-order valence-corrected chi connectivity index (χ2v) is 6.04. The fourth-order valence-electron chi connectivity index (χ4n) is 2.73. The van der Waals surface area contributed by atoms with Crippen LogP contribution in [-0.4, -0.2) is 32.6 Å². The zero-order valence-corrected chi connectivity index (χ0v) is 14.5. The van der Waals surface area contributed by atoms with Crippen molar-refractivity contribution in [2.24, 2.45) is 0 Å². The van der Waals surface area contributed by atoms with Crippen molar-refractivity contribution in [1.29, 1.82) is 0 Å². The van der Waals surface area contributed by atoms with Crippen LogP contribution in [0.15, 0.2) is 68.2 Å². The van der Waals surface area contributed by atoms with Crippen molar-refractivity contribution in [3.63, 3.8) is 0 Å². The van der Waals surface area contributed by atoms with Crippen LogP contribution in [0.4, 0.5) is 0 Å². The van der Waals surface area contributed by atoms with Gasteiger partial charge in [-0.1, -0.05) is 30.3 Å². The van der Waals surface area contributed by atoms with Crippen LogP contribution in [0, 0.1) is 0 Å². The molecule has 8 nitrogen and oxygen atoms in total. The molecule has 0 aliphatic carbocycles. The van der Waals surface area contributed by atoms with Crippen LogP contribution in [-0.2, 0) is 17.9 Å². The molecular formula is C19H16N4O4. The Labute approximate surface area is 153 Å². The van der Waals surface area contributed by atoms with Gasteiger partial charge in [-0.15, -0.1) is 10.2 Å². The van der Waals surface area contributed by atoms with Crippen LogP contribution < -0.4 is 5.76 Å². The summed E-state index contributed by atoms with van der Waals surface area (Å²) in [5, 5.41) is 7.99. The summed E-state index contributed by atoms with van der Waals surface area (Å²) in [4.78, 5) is 25.9. The second kappa shape index (κ2) is 6.91. The van der Waals surface area contributed by atoms with Gasteiger partial charge in [0.05, 0.1) is 12.1 Å². The molecule has 4 rings (SSSR count). The van der Waals surface area contributed by atoms with Crippen molar-refractivity contribution >= 4 is 17.0 Å². The highest BCUT2D eigenvalue weighted by Crippen LogP contribution is 2.17. The van der Waals surface area contributed by atoms with E-state index < -0.39 is 5.76 Å². The van der Waals surface area contributed by atoms with E-state index in [4.69, 9.17) is 8.83 Å². The van der Waals surface area contributed by atoms with Crippen LogP contribution in [0.3, 0.4) is 0 Å². The Bertz CT molecular complexity index is 1140. The van der Waals surface area contributed by atoms with Gasteiger partial charge < -0.3 is 13.7 Å². The summed E-state index contributed by atoms with van der Waals surface area (Å²) in [5.41, 5.74) is 1.83. The van der Waals surface area contributed by atoms with Gasteiger partial charge in [0.15, 0.2) is 5.58 Å². The molecule has 2 heterocycles. The molecule has 0 atom stereocenters. The van der Waals surface area contributed by atoms with Gasteiger partial charge in [0, 0.05) is 12.6 Å². The summed E-state index contributed by atoms with van der Waals surface area (Å²) in [5.74, 6) is -0.136. The smallest absolute Gasteiger partial charge is 0.419 e. The molecule has 0 spiro atoms. The normalized spacial score (nSPS) is 11.0. The Balaban J connectivity index is 1.48. The number of oxazole rings is 1. The molecule has 27 heavy (non-hydrogen) atoms. The van der Waals surface area contributed by atoms with Crippen LogP contribution >= 0.6 is 0 Å². The molecule has 0 bridgehead atoms. The summed E-state index contributed by atoms with van der Waals surface area (Å²) >= 11 is 0. The van der Waals surface area contributed by atoms with Crippen LogP contribution in [0.5, 0.6) is 0 Å². The third-order valence-electron chi connectivity index (χ3n) is 4.15. The molecule has 8 heteroatoms. The molecule has 2 aromatic carbocycles. The maximum absolute atomic E-state index is 12.5. The predicted molar refractivity (Wildman–Crippen MR) is 96.7 cm³/mol. The molecule has 1 amide bonds. The van der Waals surface area contributed by atoms with E-state index in [0.29, 0.717) is 22.9 Å². The van der Waals surface area contributed by atoms with Gasteiger partial charge in [-0.3, -0.25) is 9.36 Å². The molecule has 0 fully saturated rings. The zero-order valence-electron chi connectivity index (χ0n) is 14.5. The molecule has 0 saturated heterocycles. The van der Waals surface area contributed by atoms with Gasteiger partial charge >= 0.3 is 5.76 Å². The molecule has 4 aromatic rings. The molecule has 0 saturated carbocycles. The van der Waals surface area contributed by atoms with Crippen LogP contribution in [0.2, 0.25) is 0 Å². The molecular weight excluding hydrogens is 348 g/mol. The van der Waals surface area contributed by atoms with Crippen molar-refractivity contribution < 1.29 is 13.6 Å². The summed E-state index contributed by atoms with van der Waals surface area (Å²) in [6.45, 7) is 0.00915. The van der Waals surface area contributed by atoms with Crippen molar-refractivity contribution in [2.45, 2.75) is 13.1 Å². The van der Waals surface area contributed by atoms with Crippen molar-refractivity contribution in [1.82, 2.24) is 19.7 Å².